The highest BCUT2D eigenvalue weighted by Gasteiger charge is 2.32. The lowest BCUT2D eigenvalue weighted by Gasteiger charge is -2.34. The van der Waals surface area contributed by atoms with E-state index < -0.39 is 0 Å². The molecule has 10 aromatic rings. The van der Waals surface area contributed by atoms with Crippen molar-refractivity contribution in [2.45, 2.75) is 0 Å². The molecule has 0 saturated carbocycles. The van der Waals surface area contributed by atoms with Crippen LogP contribution in [0.1, 0.15) is 0 Å². The molecule has 6 heteroatoms. The Bertz CT molecular complexity index is 2910. The highest BCUT2D eigenvalue weighted by atomic mass is 15.2. The van der Waals surface area contributed by atoms with Gasteiger partial charge in [-0.15, -0.1) is 0 Å². The average Bonchev–Trinajstić information content (AvgIpc) is 3.73. The summed E-state index contributed by atoms with van der Waals surface area (Å²) in [5.41, 5.74) is 11.6. The molecule has 0 amide bonds. The Morgan fingerprint density at radius 1 is 0.431 bits per heavy atom. The van der Waals surface area contributed by atoms with Crippen molar-refractivity contribution in [2.24, 2.45) is 0 Å². The minimum atomic E-state index is 0.620. The molecular weight excluding hydrogens is 625 g/mol. The molecule has 238 valence electrons. The smallest absolute Gasteiger partial charge is 0.166 e. The fourth-order valence-electron chi connectivity index (χ4n) is 7.83. The number of nitrogens with one attached hydrogen (secondary N) is 1. The van der Waals surface area contributed by atoms with E-state index in [0.717, 1.165) is 61.5 Å². The van der Waals surface area contributed by atoms with Gasteiger partial charge in [0, 0.05) is 55.0 Å². The van der Waals surface area contributed by atoms with Crippen molar-refractivity contribution < 1.29 is 0 Å². The van der Waals surface area contributed by atoms with Gasteiger partial charge < -0.3 is 14.5 Å². The molecule has 1 aliphatic rings. The summed E-state index contributed by atoms with van der Waals surface area (Å²) in [5, 5.41) is 4.78. The number of aromatic nitrogens is 5. The fraction of sp³-hybridized carbons (Fsp3) is 0. The molecule has 0 bridgehead atoms. The van der Waals surface area contributed by atoms with Crippen LogP contribution >= 0.6 is 0 Å². The first kappa shape index (κ1) is 27.9. The molecule has 51 heavy (non-hydrogen) atoms. The van der Waals surface area contributed by atoms with Gasteiger partial charge in [0.2, 0.25) is 0 Å². The Kier molecular flexibility index (Phi) is 5.86. The number of nitrogens with zero attached hydrogens (tertiary/aromatic N) is 5. The van der Waals surface area contributed by atoms with Gasteiger partial charge in [-0.05, 0) is 48.5 Å². The molecule has 11 rings (SSSR count). The number of para-hydroxylation sites is 4. The van der Waals surface area contributed by atoms with Gasteiger partial charge in [0.15, 0.2) is 17.5 Å². The summed E-state index contributed by atoms with van der Waals surface area (Å²) in [5.74, 6) is 1.89. The zero-order chi connectivity index (χ0) is 33.5. The Morgan fingerprint density at radius 3 is 1.76 bits per heavy atom. The van der Waals surface area contributed by atoms with Crippen LogP contribution in [-0.2, 0) is 0 Å². The molecule has 0 aliphatic carbocycles. The first-order chi connectivity index (χ1) is 25.3. The van der Waals surface area contributed by atoms with Crippen molar-refractivity contribution in [1.29, 1.82) is 0 Å². The van der Waals surface area contributed by atoms with Crippen LogP contribution in [-0.4, -0.2) is 24.5 Å². The van der Waals surface area contributed by atoms with Gasteiger partial charge in [0.05, 0.1) is 28.1 Å². The summed E-state index contributed by atoms with van der Waals surface area (Å²) in [6.07, 6.45) is 0. The molecule has 1 aliphatic heterocycles. The van der Waals surface area contributed by atoms with Crippen LogP contribution in [0.4, 0.5) is 17.1 Å². The SMILES string of the molecule is c1ccc(-c2nc(-c3ccccc3)nc(-c3ccc4c5cc6[nH]c7ccccc7c6cc5n5c4c3N(c3ccccc3)c3ccccc3-5)n2)cc1. The van der Waals surface area contributed by atoms with Crippen molar-refractivity contribution in [2.75, 3.05) is 4.90 Å². The van der Waals surface area contributed by atoms with E-state index in [-0.39, 0.29) is 0 Å². The van der Waals surface area contributed by atoms with Crippen LogP contribution < -0.4 is 4.90 Å². The molecule has 0 spiro atoms. The number of rotatable bonds is 4. The maximum absolute atomic E-state index is 5.21. The van der Waals surface area contributed by atoms with E-state index in [1.165, 1.54) is 21.5 Å². The van der Waals surface area contributed by atoms with Crippen LogP contribution in [0.15, 0.2) is 164 Å². The van der Waals surface area contributed by atoms with Gasteiger partial charge in [-0.25, -0.2) is 15.0 Å². The van der Waals surface area contributed by atoms with Crippen molar-refractivity contribution in [1.82, 2.24) is 24.5 Å². The minimum absolute atomic E-state index is 0.620. The first-order valence-corrected chi connectivity index (χ1v) is 17.1. The summed E-state index contributed by atoms with van der Waals surface area (Å²) >= 11 is 0. The molecule has 0 radical (unpaired) electrons. The summed E-state index contributed by atoms with van der Waals surface area (Å²) < 4.78 is 2.44. The van der Waals surface area contributed by atoms with E-state index in [1.807, 2.05) is 36.4 Å². The maximum Gasteiger partial charge on any atom is 0.166 e. The van der Waals surface area contributed by atoms with Crippen LogP contribution in [0.5, 0.6) is 0 Å². The van der Waals surface area contributed by atoms with E-state index in [9.17, 15) is 0 Å². The van der Waals surface area contributed by atoms with Gasteiger partial charge in [-0.1, -0.05) is 115 Å². The number of hydrogen-bond acceptors (Lipinski definition) is 4. The molecule has 1 N–H and O–H groups in total. The van der Waals surface area contributed by atoms with Crippen molar-refractivity contribution >= 4 is 60.7 Å². The third kappa shape index (κ3) is 4.14. The van der Waals surface area contributed by atoms with E-state index in [0.29, 0.717) is 17.5 Å². The number of hydrogen-bond donors (Lipinski definition) is 1. The molecular formula is C45H28N6. The van der Waals surface area contributed by atoms with Crippen molar-refractivity contribution in [3.63, 3.8) is 0 Å². The van der Waals surface area contributed by atoms with Gasteiger partial charge in [0.25, 0.3) is 0 Å². The topological polar surface area (TPSA) is 62.6 Å². The second-order valence-corrected chi connectivity index (χ2v) is 13.0. The monoisotopic (exact) mass is 652 g/mol. The van der Waals surface area contributed by atoms with E-state index >= 15 is 0 Å². The maximum atomic E-state index is 5.21. The molecule has 6 nitrogen and oxygen atoms in total. The quantitative estimate of drug-likeness (QED) is 0.205. The van der Waals surface area contributed by atoms with E-state index in [2.05, 4.69) is 142 Å². The number of benzene rings is 7. The third-order valence-corrected chi connectivity index (χ3v) is 10.1. The van der Waals surface area contributed by atoms with Gasteiger partial charge >= 0.3 is 0 Å². The Morgan fingerprint density at radius 2 is 1.04 bits per heavy atom. The number of aromatic amines is 1. The summed E-state index contributed by atoms with van der Waals surface area (Å²) in [6.45, 7) is 0. The predicted octanol–water partition coefficient (Wildman–Crippen LogP) is 11.4. The zero-order valence-electron chi connectivity index (χ0n) is 27.3. The van der Waals surface area contributed by atoms with E-state index in [1.54, 1.807) is 0 Å². The van der Waals surface area contributed by atoms with Gasteiger partial charge in [0.1, 0.15) is 0 Å². The lowest BCUT2D eigenvalue weighted by Crippen LogP contribution is -2.19. The standard InChI is InChI=1S/C45H28N6/c1-4-14-28(15-5-1)43-47-44(29-16-6-2-7-17-29)49-45(48-43)33-25-24-32-35-26-37-34(31-20-10-11-21-36(31)46-37)27-40(35)51-39-23-13-12-22-38(39)50(42(33)41(32)51)30-18-8-3-9-19-30/h1-27,46H. The lowest BCUT2D eigenvalue weighted by molar-refractivity contribution is 1.07. The Labute approximate surface area is 292 Å². The largest absolute Gasteiger partial charge is 0.354 e. The van der Waals surface area contributed by atoms with Crippen LogP contribution in [0.2, 0.25) is 0 Å². The van der Waals surface area contributed by atoms with Crippen molar-refractivity contribution in [3.05, 3.63) is 164 Å². The van der Waals surface area contributed by atoms with Gasteiger partial charge in [-0.3, -0.25) is 0 Å². The Balaban J connectivity index is 1.29. The average molecular weight is 653 g/mol. The van der Waals surface area contributed by atoms with Crippen LogP contribution in [0, 0.1) is 0 Å². The number of fused-ring (bicyclic) bond motifs is 8. The second kappa shape index (κ2) is 10.7. The Hall–Kier alpha value is -7.05. The van der Waals surface area contributed by atoms with E-state index in [4.69, 9.17) is 15.0 Å². The normalized spacial score (nSPS) is 12.3. The van der Waals surface area contributed by atoms with Crippen LogP contribution in [0.3, 0.4) is 0 Å². The van der Waals surface area contributed by atoms with Gasteiger partial charge in [-0.2, -0.15) is 0 Å². The highest BCUT2D eigenvalue weighted by Crippen LogP contribution is 2.53. The molecule has 0 fully saturated rings. The predicted molar refractivity (Wildman–Crippen MR) is 208 cm³/mol. The number of H-pyrrole nitrogens is 1. The highest BCUT2D eigenvalue weighted by molar-refractivity contribution is 6.23. The summed E-state index contributed by atoms with van der Waals surface area (Å²) in [4.78, 5) is 21.5. The zero-order valence-corrected chi connectivity index (χ0v) is 27.3. The molecule has 3 aromatic heterocycles. The van der Waals surface area contributed by atoms with Crippen molar-refractivity contribution in [3.8, 4) is 39.9 Å². The minimum Gasteiger partial charge on any atom is -0.354 e. The fourth-order valence-corrected chi connectivity index (χ4v) is 7.83. The molecule has 0 unspecified atom stereocenters. The first-order valence-electron chi connectivity index (χ1n) is 17.1. The summed E-state index contributed by atoms with van der Waals surface area (Å²) in [7, 11) is 0. The molecule has 4 heterocycles. The second-order valence-electron chi connectivity index (χ2n) is 13.0. The summed E-state index contributed by atoms with van der Waals surface area (Å²) in [6, 6.07) is 57.3. The van der Waals surface area contributed by atoms with Crippen LogP contribution in [0.25, 0.3) is 83.5 Å². The number of anilines is 3. The lowest BCUT2D eigenvalue weighted by atomic mass is 10.0. The molecule has 7 aromatic carbocycles. The molecule has 0 saturated heterocycles. The third-order valence-electron chi connectivity index (χ3n) is 10.1. The molecule has 0 atom stereocenters.